The first-order valence-corrected chi connectivity index (χ1v) is 13.3. The second-order valence-corrected chi connectivity index (χ2v) is 9.49. The molecule has 194 valence electrons. The molecule has 0 atom stereocenters. The summed E-state index contributed by atoms with van der Waals surface area (Å²) in [5, 5.41) is 31.6. The van der Waals surface area contributed by atoms with Crippen LogP contribution in [0.4, 0.5) is 11.4 Å². The van der Waals surface area contributed by atoms with Gasteiger partial charge in [-0.2, -0.15) is 5.26 Å². The number of nitrogens with zero attached hydrogens (tertiary/aromatic N) is 4. The molecule has 0 aliphatic heterocycles. The minimum atomic E-state index is -0.285. The van der Waals surface area contributed by atoms with Crippen molar-refractivity contribution in [1.82, 2.24) is 9.97 Å². The van der Waals surface area contributed by atoms with Crippen LogP contribution in [-0.2, 0) is 6.42 Å². The number of rotatable bonds is 10. The van der Waals surface area contributed by atoms with E-state index in [2.05, 4.69) is 23.0 Å². The van der Waals surface area contributed by atoms with Crippen molar-refractivity contribution in [3.8, 4) is 34.6 Å². The van der Waals surface area contributed by atoms with E-state index >= 15 is 0 Å². The summed E-state index contributed by atoms with van der Waals surface area (Å²) in [7, 11) is 0. The summed E-state index contributed by atoms with van der Waals surface area (Å²) in [4.78, 5) is 10.8. The molecule has 0 saturated carbocycles. The quantitative estimate of drug-likeness (QED) is 0.207. The average Bonchev–Trinajstić information content (AvgIpc) is 2.94. The van der Waals surface area contributed by atoms with Crippen molar-refractivity contribution in [1.29, 1.82) is 5.26 Å². The number of aromatic hydroxyl groups is 2. The maximum Gasteiger partial charge on any atom is 0.232 e. The summed E-state index contributed by atoms with van der Waals surface area (Å²) in [6.45, 7) is 6.52. The summed E-state index contributed by atoms with van der Waals surface area (Å²) in [6.07, 6.45) is 4.14. The third-order valence-corrected chi connectivity index (χ3v) is 7.01. The fourth-order valence-corrected chi connectivity index (χ4v) is 4.83. The third-order valence-electron chi connectivity index (χ3n) is 6.19. The molecule has 0 amide bonds. The Labute approximate surface area is 227 Å². The van der Waals surface area contributed by atoms with Gasteiger partial charge in [-0.15, -0.1) is 0 Å². The lowest BCUT2D eigenvalue weighted by Gasteiger charge is -2.27. The van der Waals surface area contributed by atoms with Crippen LogP contribution in [0.5, 0.6) is 17.4 Å². The molecule has 2 aromatic carbocycles. The van der Waals surface area contributed by atoms with Crippen LogP contribution < -0.4 is 9.08 Å². The van der Waals surface area contributed by atoms with E-state index < -0.39 is 0 Å². The molecule has 0 saturated heterocycles. The highest BCUT2D eigenvalue weighted by Crippen LogP contribution is 2.46. The predicted octanol–water partition coefficient (Wildman–Crippen LogP) is 7.32. The molecule has 0 fully saturated rings. The zero-order valence-corrected chi connectivity index (χ0v) is 22.5. The monoisotopic (exact) mass is 526 g/mol. The average molecular weight is 527 g/mol. The molecule has 0 unspecified atom stereocenters. The minimum Gasteiger partial charge on any atom is -0.504 e. The van der Waals surface area contributed by atoms with E-state index in [-0.39, 0.29) is 16.5 Å². The molecule has 0 radical (unpaired) electrons. The second kappa shape index (κ2) is 12.3. The highest BCUT2D eigenvalue weighted by Gasteiger charge is 2.25. The summed E-state index contributed by atoms with van der Waals surface area (Å²) < 4.78 is 5.89. The molecular weight excluding hydrogens is 496 g/mol. The van der Waals surface area contributed by atoms with Gasteiger partial charge in [-0.3, -0.25) is 4.98 Å². The predicted molar refractivity (Wildman–Crippen MR) is 151 cm³/mol. The summed E-state index contributed by atoms with van der Waals surface area (Å²) in [6, 6.07) is 20.8. The van der Waals surface area contributed by atoms with Crippen LogP contribution in [0, 0.1) is 18.3 Å². The molecule has 2 aromatic heterocycles. The summed E-state index contributed by atoms with van der Waals surface area (Å²) in [5.41, 5.74) is 5.36. The molecule has 0 bridgehead atoms. The van der Waals surface area contributed by atoms with E-state index in [9.17, 15) is 15.5 Å². The van der Waals surface area contributed by atoms with Crippen LogP contribution in [0.1, 0.15) is 43.6 Å². The topological polar surface area (TPSA) is 102 Å². The Morgan fingerprint density at radius 2 is 1.84 bits per heavy atom. The Bertz CT molecular complexity index is 1450. The van der Waals surface area contributed by atoms with Crippen LogP contribution in [0.2, 0.25) is 0 Å². The van der Waals surface area contributed by atoms with Gasteiger partial charge in [-0.25, -0.2) is 4.98 Å². The number of anilines is 2. The Hall–Kier alpha value is -4.22. The van der Waals surface area contributed by atoms with Gasteiger partial charge < -0.3 is 19.3 Å². The van der Waals surface area contributed by atoms with Gasteiger partial charge in [0.25, 0.3) is 0 Å². The van der Waals surface area contributed by atoms with Gasteiger partial charge in [0.1, 0.15) is 23.5 Å². The van der Waals surface area contributed by atoms with Crippen LogP contribution in [0.15, 0.2) is 71.8 Å². The Balaban J connectivity index is 1.66. The van der Waals surface area contributed by atoms with Gasteiger partial charge >= 0.3 is 0 Å². The van der Waals surface area contributed by atoms with Crippen molar-refractivity contribution < 1.29 is 14.4 Å². The smallest absolute Gasteiger partial charge is 0.232 e. The molecule has 0 aliphatic rings. The molecular formula is C30H30N4O3S. The molecule has 8 heteroatoms. The number of aryl methyl sites for hydroxylation is 2. The lowest BCUT2D eigenvalue weighted by Crippen LogP contribution is -2.19. The number of aromatic nitrogens is 2. The van der Waals surface area contributed by atoms with Crippen molar-refractivity contribution >= 4 is 23.4 Å². The highest BCUT2D eigenvalue weighted by molar-refractivity contribution is 7.95. The Morgan fingerprint density at radius 1 is 1.05 bits per heavy atom. The summed E-state index contributed by atoms with van der Waals surface area (Å²) in [5.74, 6) is 0.164. The van der Waals surface area contributed by atoms with Gasteiger partial charge in [0.2, 0.25) is 5.88 Å². The fourth-order valence-electron chi connectivity index (χ4n) is 4.24. The van der Waals surface area contributed by atoms with E-state index in [0.717, 1.165) is 47.4 Å². The Kier molecular flexibility index (Phi) is 8.72. The second-order valence-electron chi connectivity index (χ2n) is 8.75. The van der Waals surface area contributed by atoms with Gasteiger partial charge in [0.05, 0.1) is 17.3 Å². The molecule has 0 aliphatic carbocycles. The number of unbranched alkanes of at least 4 members (excludes halogenated alkanes) is 1. The van der Waals surface area contributed by atoms with E-state index in [0.29, 0.717) is 35.7 Å². The normalized spacial score (nSPS) is 10.7. The van der Waals surface area contributed by atoms with Crippen molar-refractivity contribution in [3.05, 3.63) is 83.8 Å². The van der Waals surface area contributed by atoms with Gasteiger partial charge in [0, 0.05) is 29.7 Å². The minimum absolute atomic E-state index is 0.111. The first-order valence-electron chi connectivity index (χ1n) is 12.6. The van der Waals surface area contributed by atoms with Crippen LogP contribution in [0.25, 0.3) is 11.1 Å². The molecule has 2 heterocycles. The molecule has 38 heavy (non-hydrogen) atoms. The molecule has 0 spiro atoms. The first-order chi connectivity index (χ1) is 18.5. The van der Waals surface area contributed by atoms with Gasteiger partial charge in [0.15, 0.2) is 10.6 Å². The first kappa shape index (κ1) is 26.8. The van der Waals surface area contributed by atoms with Crippen molar-refractivity contribution in [2.75, 3.05) is 11.4 Å². The number of pyridine rings is 2. The third kappa shape index (κ3) is 5.84. The summed E-state index contributed by atoms with van der Waals surface area (Å²) >= 11 is 0.855. The lowest BCUT2D eigenvalue weighted by atomic mass is 10.0. The zero-order chi connectivity index (χ0) is 27.1. The largest absolute Gasteiger partial charge is 0.504 e. The fraction of sp³-hybridized carbons (Fsp3) is 0.233. The van der Waals surface area contributed by atoms with Crippen molar-refractivity contribution in [2.24, 2.45) is 0 Å². The lowest BCUT2D eigenvalue weighted by molar-refractivity contribution is 0.407. The van der Waals surface area contributed by atoms with Crippen LogP contribution in [0.3, 0.4) is 0 Å². The number of benzene rings is 2. The standard InChI is InChI=1S/C30H30N4O3S/c1-4-6-12-26-27(34(5-2)23-10-7-9-21(18-23)19-31)28(35)29(30(36)33-26)38-37-24-15-13-22(14-16-24)25-11-8-17-32-20(25)3/h7-11,13-18H,4-6,12H2,1-3H3,(H2,33,35,36). The maximum absolute atomic E-state index is 11.4. The molecule has 2 N–H and O–H groups in total. The van der Waals surface area contributed by atoms with E-state index in [4.69, 9.17) is 4.18 Å². The molecule has 7 nitrogen and oxygen atoms in total. The van der Waals surface area contributed by atoms with E-state index in [1.807, 2.05) is 67.3 Å². The SMILES string of the molecule is CCCCc1nc(O)c(SOc2ccc(-c3cccnc3C)cc2)c(O)c1N(CC)c1cccc(C#N)c1. The van der Waals surface area contributed by atoms with Crippen molar-refractivity contribution in [2.45, 2.75) is 44.9 Å². The Morgan fingerprint density at radius 3 is 2.53 bits per heavy atom. The van der Waals surface area contributed by atoms with Crippen molar-refractivity contribution in [3.63, 3.8) is 0 Å². The van der Waals surface area contributed by atoms with Gasteiger partial charge in [-0.1, -0.05) is 37.6 Å². The van der Waals surface area contributed by atoms with Gasteiger partial charge in [-0.05, 0) is 68.7 Å². The van der Waals surface area contributed by atoms with E-state index in [1.54, 1.807) is 18.3 Å². The zero-order valence-electron chi connectivity index (χ0n) is 21.7. The molecule has 4 aromatic rings. The van der Waals surface area contributed by atoms with E-state index in [1.165, 1.54) is 0 Å². The number of nitriles is 1. The van der Waals surface area contributed by atoms with Crippen LogP contribution >= 0.6 is 12.0 Å². The highest BCUT2D eigenvalue weighted by atomic mass is 32.2. The number of hydrogen-bond donors (Lipinski definition) is 2. The molecule has 4 rings (SSSR count). The number of hydrogen-bond acceptors (Lipinski definition) is 8. The maximum atomic E-state index is 11.4. The van der Waals surface area contributed by atoms with Crippen LogP contribution in [-0.4, -0.2) is 26.7 Å².